The van der Waals surface area contributed by atoms with Crippen LogP contribution in [0, 0.1) is 11.8 Å². The minimum absolute atomic E-state index is 0.127. The number of hydrogen-bond donors (Lipinski definition) is 0. The van der Waals surface area contributed by atoms with E-state index >= 15 is 0 Å². The molecule has 0 saturated heterocycles. The van der Waals surface area contributed by atoms with Gasteiger partial charge in [-0.3, -0.25) is 0 Å². The van der Waals surface area contributed by atoms with Crippen molar-refractivity contribution in [3.8, 4) is 0 Å². The maximum Gasteiger partial charge on any atom is -0.00389 e. The topological polar surface area (TPSA) is 0 Å². The molecular weight excluding hydrogens is 288 g/mol. The Morgan fingerprint density at radius 2 is 1.00 bits per heavy atom. The van der Waals surface area contributed by atoms with Gasteiger partial charge in [0, 0.05) is 0 Å². The molecule has 1 aliphatic carbocycles. The van der Waals surface area contributed by atoms with E-state index in [1.54, 1.807) is 0 Å². The van der Waals surface area contributed by atoms with Crippen molar-refractivity contribution in [2.24, 2.45) is 5.41 Å². The predicted molar refractivity (Wildman–Crippen MR) is 104 cm³/mol. The number of rotatable bonds is 4. The molecule has 2 aromatic rings. The van der Waals surface area contributed by atoms with Gasteiger partial charge in [0.25, 0.3) is 0 Å². The van der Waals surface area contributed by atoms with E-state index in [4.69, 9.17) is 0 Å². The maximum atomic E-state index is 2.49. The van der Waals surface area contributed by atoms with Crippen LogP contribution in [0.4, 0.5) is 0 Å². The first-order valence-corrected chi connectivity index (χ1v) is 9.34. The molecule has 127 valence electrons. The molecule has 0 amide bonds. The van der Waals surface area contributed by atoms with Gasteiger partial charge in [0.1, 0.15) is 0 Å². The molecule has 0 aliphatic heterocycles. The van der Waals surface area contributed by atoms with Gasteiger partial charge in [0.2, 0.25) is 0 Å². The van der Waals surface area contributed by atoms with E-state index in [9.17, 15) is 0 Å². The molecule has 0 unspecified atom stereocenters. The molecule has 24 heavy (non-hydrogen) atoms. The maximum absolute atomic E-state index is 2.49. The summed E-state index contributed by atoms with van der Waals surface area (Å²) in [6.45, 7) is 9.88. The molecule has 1 aliphatic rings. The van der Waals surface area contributed by atoms with Crippen LogP contribution in [0.2, 0.25) is 0 Å². The highest BCUT2D eigenvalue weighted by atomic mass is 14.6. The van der Waals surface area contributed by atoms with Gasteiger partial charge in [-0.05, 0) is 59.5 Å². The normalized spacial score (nSPS) is 18.3. The van der Waals surface area contributed by atoms with Crippen molar-refractivity contribution < 1.29 is 0 Å². The molecule has 0 atom stereocenters. The highest BCUT2D eigenvalue weighted by molar-refractivity contribution is 5.35. The third kappa shape index (κ3) is 2.61. The number of hydrogen-bond acceptors (Lipinski definition) is 0. The Balaban J connectivity index is 2.15. The lowest BCUT2D eigenvalue weighted by Gasteiger charge is -2.59. The van der Waals surface area contributed by atoms with Crippen molar-refractivity contribution in [2.75, 3.05) is 0 Å². The first-order valence-electron chi connectivity index (χ1n) is 9.34. The minimum Gasteiger partial charge on any atom is -0.0622 e. The summed E-state index contributed by atoms with van der Waals surface area (Å²) in [7, 11) is 0. The zero-order chi connectivity index (χ0) is 17.3. The Labute approximate surface area is 148 Å². The van der Waals surface area contributed by atoms with E-state index in [1.165, 1.54) is 36.8 Å². The average Bonchev–Trinajstić information content (AvgIpc) is 2.63. The fourth-order valence-corrected chi connectivity index (χ4v) is 5.26. The number of benzene rings is 2. The van der Waals surface area contributed by atoms with Crippen molar-refractivity contribution in [1.29, 1.82) is 0 Å². The summed E-state index contributed by atoms with van der Waals surface area (Å²) in [5.74, 6) is 0. The van der Waals surface area contributed by atoms with E-state index in [1.807, 2.05) is 0 Å². The van der Waals surface area contributed by atoms with E-state index in [0.29, 0.717) is 0 Å². The average molecular weight is 320 g/mol. The van der Waals surface area contributed by atoms with Crippen LogP contribution < -0.4 is 0 Å². The van der Waals surface area contributed by atoms with Gasteiger partial charge in [-0.25, -0.2) is 0 Å². The third-order valence-electron chi connectivity index (χ3n) is 6.93. The summed E-state index contributed by atoms with van der Waals surface area (Å²) in [6.07, 6.45) is 7.47. The predicted octanol–water partition coefficient (Wildman–Crippen LogP) is 6.71. The Morgan fingerprint density at radius 1 is 0.625 bits per heavy atom. The van der Waals surface area contributed by atoms with E-state index in [2.05, 4.69) is 94.8 Å². The SMILES string of the molecule is CC(C)(c1ccccc1)C1(C(C)(C)c2ccccc2)CC[CH]CC1. The molecule has 0 N–H and O–H groups in total. The van der Waals surface area contributed by atoms with E-state index < -0.39 is 0 Å². The summed E-state index contributed by atoms with van der Waals surface area (Å²) in [5.41, 5.74) is 3.44. The molecule has 0 bridgehead atoms. The third-order valence-corrected chi connectivity index (χ3v) is 6.93. The zero-order valence-corrected chi connectivity index (χ0v) is 15.7. The van der Waals surface area contributed by atoms with Gasteiger partial charge in [-0.2, -0.15) is 0 Å². The van der Waals surface area contributed by atoms with Crippen LogP contribution >= 0.6 is 0 Å². The summed E-state index contributed by atoms with van der Waals surface area (Å²) in [6, 6.07) is 22.3. The first kappa shape index (κ1) is 17.3. The highest BCUT2D eigenvalue weighted by Crippen LogP contribution is 2.61. The molecule has 1 fully saturated rings. The Hall–Kier alpha value is -1.56. The van der Waals surface area contributed by atoms with Crippen molar-refractivity contribution in [2.45, 2.75) is 64.2 Å². The molecule has 0 heteroatoms. The standard InChI is InChI=1S/C24H31/c1-22(2,20-14-8-5-9-15-20)24(18-12-7-13-19-24)23(3,4)21-16-10-6-11-17-21/h5-11,14-17H,12-13,18-19H2,1-4H3. The molecular formula is C24H31. The summed E-state index contributed by atoms with van der Waals surface area (Å²) in [4.78, 5) is 0. The lowest BCUT2D eigenvalue weighted by atomic mass is 9.45. The lowest BCUT2D eigenvalue weighted by Crippen LogP contribution is -2.54. The Kier molecular flexibility index (Phi) is 4.60. The van der Waals surface area contributed by atoms with Gasteiger partial charge >= 0.3 is 0 Å². The monoisotopic (exact) mass is 319 g/mol. The molecule has 0 spiro atoms. The second-order valence-corrected chi connectivity index (χ2v) is 8.43. The van der Waals surface area contributed by atoms with Gasteiger partial charge < -0.3 is 0 Å². The van der Waals surface area contributed by atoms with Crippen LogP contribution in [0.15, 0.2) is 60.7 Å². The van der Waals surface area contributed by atoms with Gasteiger partial charge in [-0.1, -0.05) is 88.4 Å². The molecule has 0 aromatic heterocycles. The van der Waals surface area contributed by atoms with Crippen LogP contribution in [-0.2, 0) is 10.8 Å². The first-order chi connectivity index (χ1) is 11.4. The fraction of sp³-hybridized carbons (Fsp3) is 0.458. The van der Waals surface area contributed by atoms with Crippen LogP contribution in [0.5, 0.6) is 0 Å². The summed E-state index contributed by atoms with van der Waals surface area (Å²) in [5, 5.41) is 0. The molecule has 0 heterocycles. The quantitative estimate of drug-likeness (QED) is 0.587. The van der Waals surface area contributed by atoms with Crippen molar-refractivity contribution in [1.82, 2.24) is 0 Å². The Morgan fingerprint density at radius 3 is 1.38 bits per heavy atom. The van der Waals surface area contributed by atoms with Crippen LogP contribution in [0.3, 0.4) is 0 Å². The fourth-order valence-electron chi connectivity index (χ4n) is 5.26. The van der Waals surface area contributed by atoms with Gasteiger partial charge in [0.05, 0.1) is 0 Å². The molecule has 1 radical (unpaired) electrons. The minimum atomic E-state index is 0.127. The lowest BCUT2D eigenvalue weighted by molar-refractivity contribution is 0.0153. The van der Waals surface area contributed by atoms with E-state index in [0.717, 1.165) is 0 Å². The smallest absolute Gasteiger partial charge is 0.00389 e. The molecule has 0 nitrogen and oxygen atoms in total. The van der Waals surface area contributed by atoms with Crippen molar-refractivity contribution in [3.63, 3.8) is 0 Å². The summed E-state index contributed by atoms with van der Waals surface area (Å²) < 4.78 is 0. The van der Waals surface area contributed by atoms with Crippen molar-refractivity contribution in [3.05, 3.63) is 78.2 Å². The van der Waals surface area contributed by atoms with Crippen molar-refractivity contribution >= 4 is 0 Å². The largest absolute Gasteiger partial charge is 0.0622 e. The highest BCUT2D eigenvalue weighted by Gasteiger charge is 2.55. The van der Waals surface area contributed by atoms with Gasteiger partial charge in [-0.15, -0.1) is 0 Å². The van der Waals surface area contributed by atoms with E-state index in [-0.39, 0.29) is 16.2 Å². The second-order valence-electron chi connectivity index (χ2n) is 8.43. The van der Waals surface area contributed by atoms with Crippen LogP contribution in [0.25, 0.3) is 0 Å². The molecule has 1 saturated carbocycles. The Bertz CT molecular complexity index is 589. The molecule has 3 rings (SSSR count). The summed E-state index contributed by atoms with van der Waals surface area (Å²) >= 11 is 0. The molecule has 2 aromatic carbocycles. The van der Waals surface area contributed by atoms with Gasteiger partial charge in [0.15, 0.2) is 0 Å². The second kappa shape index (κ2) is 6.39. The zero-order valence-electron chi connectivity index (χ0n) is 15.7. The van der Waals surface area contributed by atoms with Crippen LogP contribution in [-0.4, -0.2) is 0 Å². The van der Waals surface area contributed by atoms with Crippen LogP contribution in [0.1, 0.15) is 64.5 Å².